The summed E-state index contributed by atoms with van der Waals surface area (Å²) in [5.41, 5.74) is 0.847. The van der Waals surface area contributed by atoms with Crippen LogP contribution < -0.4 is 4.72 Å². The van der Waals surface area contributed by atoms with Crippen molar-refractivity contribution < 1.29 is 17.9 Å². The molecule has 0 aliphatic carbocycles. The standard InChI is InChI=1S/C14H14FNO3S/c1-20(18,19)16-13-8-7-11(9-12(13)15)14(17)10-5-3-2-4-6-10/h2-9,14,16-17H,1H3. The number of nitrogens with one attached hydrogen (secondary N) is 1. The first-order valence-electron chi connectivity index (χ1n) is 5.87. The summed E-state index contributed by atoms with van der Waals surface area (Å²) in [6.45, 7) is 0. The van der Waals surface area contributed by atoms with Crippen LogP contribution >= 0.6 is 0 Å². The number of benzene rings is 2. The van der Waals surface area contributed by atoms with E-state index in [2.05, 4.69) is 4.72 Å². The third kappa shape index (κ3) is 3.55. The lowest BCUT2D eigenvalue weighted by Gasteiger charge is -2.13. The van der Waals surface area contributed by atoms with Gasteiger partial charge in [0.2, 0.25) is 10.0 Å². The highest BCUT2D eigenvalue weighted by Gasteiger charge is 2.14. The van der Waals surface area contributed by atoms with Crippen LogP contribution in [0.3, 0.4) is 0 Å². The van der Waals surface area contributed by atoms with Gasteiger partial charge >= 0.3 is 0 Å². The Bertz CT molecular complexity index is 702. The minimum Gasteiger partial charge on any atom is -0.384 e. The summed E-state index contributed by atoms with van der Waals surface area (Å²) in [5.74, 6) is -0.733. The van der Waals surface area contributed by atoms with E-state index in [1.165, 1.54) is 12.1 Å². The number of rotatable bonds is 4. The van der Waals surface area contributed by atoms with Crippen LogP contribution in [0.2, 0.25) is 0 Å². The molecule has 0 fully saturated rings. The van der Waals surface area contributed by atoms with Gasteiger partial charge in [0.15, 0.2) is 0 Å². The predicted molar refractivity (Wildman–Crippen MR) is 75.4 cm³/mol. The van der Waals surface area contributed by atoms with Gasteiger partial charge in [-0.25, -0.2) is 12.8 Å². The average molecular weight is 295 g/mol. The molecule has 0 amide bonds. The highest BCUT2D eigenvalue weighted by molar-refractivity contribution is 7.92. The summed E-state index contributed by atoms with van der Waals surface area (Å²) in [5, 5.41) is 10.1. The van der Waals surface area contributed by atoms with Crippen LogP contribution in [0.15, 0.2) is 48.5 Å². The molecule has 0 aliphatic rings. The van der Waals surface area contributed by atoms with E-state index in [4.69, 9.17) is 0 Å². The maximum absolute atomic E-state index is 13.8. The van der Waals surface area contributed by atoms with E-state index in [0.29, 0.717) is 11.1 Å². The topological polar surface area (TPSA) is 66.4 Å². The van der Waals surface area contributed by atoms with Gasteiger partial charge in [0.1, 0.15) is 11.9 Å². The Hall–Kier alpha value is -1.92. The Balaban J connectivity index is 2.30. The second-order valence-electron chi connectivity index (χ2n) is 4.43. The molecule has 0 saturated heterocycles. The molecule has 6 heteroatoms. The molecule has 0 radical (unpaired) electrons. The minimum absolute atomic E-state index is 0.142. The molecule has 106 valence electrons. The molecule has 20 heavy (non-hydrogen) atoms. The molecule has 0 aliphatic heterocycles. The van der Waals surface area contributed by atoms with E-state index >= 15 is 0 Å². The Morgan fingerprint density at radius 1 is 1.10 bits per heavy atom. The zero-order valence-electron chi connectivity index (χ0n) is 10.7. The number of aliphatic hydroxyl groups is 1. The fourth-order valence-electron chi connectivity index (χ4n) is 1.81. The van der Waals surface area contributed by atoms with Gasteiger partial charge in [0.25, 0.3) is 0 Å². The van der Waals surface area contributed by atoms with Crippen molar-refractivity contribution in [3.05, 3.63) is 65.5 Å². The lowest BCUT2D eigenvalue weighted by atomic mass is 10.0. The normalized spacial score (nSPS) is 12.9. The van der Waals surface area contributed by atoms with Gasteiger partial charge < -0.3 is 5.11 Å². The van der Waals surface area contributed by atoms with Gasteiger partial charge in [-0.05, 0) is 23.3 Å². The van der Waals surface area contributed by atoms with Crippen molar-refractivity contribution >= 4 is 15.7 Å². The monoisotopic (exact) mass is 295 g/mol. The van der Waals surface area contributed by atoms with Crippen molar-refractivity contribution in [3.63, 3.8) is 0 Å². The summed E-state index contributed by atoms with van der Waals surface area (Å²) < 4.78 is 38.0. The van der Waals surface area contributed by atoms with Crippen molar-refractivity contribution in [2.24, 2.45) is 0 Å². The largest absolute Gasteiger partial charge is 0.384 e. The molecular weight excluding hydrogens is 281 g/mol. The molecule has 2 aromatic rings. The van der Waals surface area contributed by atoms with Crippen LogP contribution in [0.4, 0.5) is 10.1 Å². The van der Waals surface area contributed by atoms with E-state index in [-0.39, 0.29) is 5.69 Å². The van der Waals surface area contributed by atoms with E-state index in [1.54, 1.807) is 24.3 Å². The van der Waals surface area contributed by atoms with Crippen LogP contribution in [-0.2, 0) is 10.0 Å². The smallest absolute Gasteiger partial charge is 0.229 e. The summed E-state index contributed by atoms with van der Waals surface area (Å²) in [6.07, 6.45) is -0.0166. The average Bonchev–Trinajstić information content (AvgIpc) is 2.40. The Kier molecular flexibility index (Phi) is 4.06. The van der Waals surface area contributed by atoms with Crippen LogP contribution in [0.25, 0.3) is 0 Å². The zero-order chi connectivity index (χ0) is 14.8. The first-order chi connectivity index (χ1) is 9.37. The van der Waals surface area contributed by atoms with Crippen molar-refractivity contribution in [2.75, 3.05) is 11.0 Å². The fourth-order valence-corrected chi connectivity index (χ4v) is 2.38. The van der Waals surface area contributed by atoms with E-state index < -0.39 is 21.9 Å². The number of aliphatic hydroxyl groups excluding tert-OH is 1. The number of hydrogen-bond donors (Lipinski definition) is 2. The molecule has 2 N–H and O–H groups in total. The fraction of sp³-hybridized carbons (Fsp3) is 0.143. The van der Waals surface area contributed by atoms with Crippen LogP contribution in [0.1, 0.15) is 17.2 Å². The Labute approximate surface area is 116 Å². The highest BCUT2D eigenvalue weighted by atomic mass is 32.2. The maximum atomic E-state index is 13.8. The van der Waals surface area contributed by atoms with E-state index in [9.17, 15) is 17.9 Å². The van der Waals surface area contributed by atoms with Crippen molar-refractivity contribution in [3.8, 4) is 0 Å². The Morgan fingerprint density at radius 3 is 2.30 bits per heavy atom. The molecule has 1 unspecified atom stereocenters. The molecule has 0 heterocycles. The number of sulfonamides is 1. The maximum Gasteiger partial charge on any atom is 0.229 e. The van der Waals surface area contributed by atoms with Gasteiger partial charge in [0.05, 0.1) is 11.9 Å². The molecule has 4 nitrogen and oxygen atoms in total. The second-order valence-corrected chi connectivity index (χ2v) is 6.18. The van der Waals surface area contributed by atoms with Gasteiger partial charge in [-0.3, -0.25) is 4.72 Å². The summed E-state index contributed by atoms with van der Waals surface area (Å²) >= 11 is 0. The molecule has 0 saturated carbocycles. The first-order valence-corrected chi connectivity index (χ1v) is 7.76. The summed E-state index contributed by atoms with van der Waals surface area (Å²) in [6, 6.07) is 12.7. The molecule has 0 bridgehead atoms. The van der Waals surface area contributed by atoms with Crippen LogP contribution in [0, 0.1) is 5.82 Å². The molecule has 0 aromatic heterocycles. The predicted octanol–water partition coefficient (Wildman–Crippen LogP) is 2.28. The highest BCUT2D eigenvalue weighted by Crippen LogP contribution is 2.25. The first kappa shape index (κ1) is 14.5. The van der Waals surface area contributed by atoms with Crippen molar-refractivity contribution in [1.29, 1.82) is 0 Å². The second kappa shape index (κ2) is 5.60. The van der Waals surface area contributed by atoms with Gasteiger partial charge in [-0.2, -0.15) is 0 Å². The quantitative estimate of drug-likeness (QED) is 0.909. The lowest BCUT2D eigenvalue weighted by molar-refractivity contribution is 0.220. The van der Waals surface area contributed by atoms with E-state index in [0.717, 1.165) is 12.3 Å². The van der Waals surface area contributed by atoms with Crippen molar-refractivity contribution in [1.82, 2.24) is 0 Å². The van der Waals surface area contributed by atoms with Gasteiger partial charge in [-0.1, -0.05) is 36.4 Å². The SMILES string of the molecule is CS(=O)(=O)Nc1ccc(C(O)c2ccccc2)cc1F. The zero-order valence-corrected chi connectivity index (χ0v) is 11.6. The van der Waals surface area contributed by atoms with Crippen LogP contribution in [-0.4, -0.2) is 19.8 Å². The number of anilines is 1. The van der Waals surface area contributed by atoms with E-state index in [1.807, 2.05) is 6.07 Å². The van der Waals surface area contributed by atoms with Gasteiger partial charge in [-0.15, -0.1) is 0 Å². The molecule has 0 spiro atoms. The summed E-state index contributed by atoms with van der Waals surface area (Å²) in [7, 11) is -3.54. The third-order valence-electron chi connectivity index (χ3n) is 2.72. The van der Waals surface area contributed by atoms with Crippen LogP contribution in [0.5, 0.6) is 0 Å². The number of hydrogen-bond acceptors (Lipinski definition) is 3. The molecule has 2 aromatic carbocycles. The lowest BCUT2D eigenvalue weighted by Crippen LogP contribution is -2.11. The molecular formula is C14H14FNO3S. The Morgan fingerprint density at radius 2 is 1.75 bits per heavy atom. The molecule has 1 atom stereocenters. The molecule has 2 rings (SSSR count). The van der Waals surface area contributed by atoms with Crippen molar-refractivity contribution in [2.45, 2.75) is 6.10 Å². The third-order valence-corrected chi connectivity index (χ3v) is 3.31. The number of halogens is 1. The minimum atomic E-state index is -3.54. The van der Waals surface area contributed by atoms with Gasteiger partial charge in [0, 0.05) is 0 Å². The summed E-state index contributed by atoms with van der Waals surface area (Å²) in [4.78, 5) is 0.